The Hall–Kier alpha value is -4.40. The third kappa shape index (κ3) is 6.56. The molecule has 0 N–H and O–H groups in total. The van der Waals surface area contributed by atoms with Crippen molar-refractivity contribution in [3.8, 4) is 22.8 Å². The molecular weight excluding hydrogens is 589 g/mol. The maximum atomic E-state index is 14.6. The smallest absolute Gasteiger partial charge is 0.406 e. The van der Waals surface area contributed by atoms with Crippen LogP contribution in [0, 0.1) is 5.82 Å². The van der Waals surface area contributed by atoms with Crippen LogP contribution < -0.4 is 9.64 Å². The quantitative estimate of drug-likeness (QED) is 0.130. The Labute approximate surface area is 238 Å². The minimum Gasteiger partial charge on any atom is -0.406 e. The molecule has 7 nitrogen and oxygen atoms in total. The van der Waals surface area contributed by atoms with Crippen molar-refractivity contribution in [3.63, 3.8) is 0 Å². The highest BCUT2D eigenvalue weighted by atomic mass is 32.2. The summed E-state index contributed by atoms with van der Waals surface area (Å²) in [7, 11) is 0. The Morgan fingerprint density at radius 1 is 0.976 bits per heavy atom. The summed E-state index contributed by atoms with van der Waals surface area (Å²) in [4.78, 5) is 5.44. The average Bonchev–Trinajstić information content (AvgIpc) is 3.55. The van der Waals surface area contributed by atoms with E-state index in [9.17, 15) is 30.7 Å². The monoisotopic (exact) mass is 608 g/mol. The molecule has 1 fully saturated rings. The first kappa shape index (κ1) is 29.1. The predicted molar refractivity (Wildman–Crippen MR) is 144 cm³/mol. The number of hydrogen-bond donors (Lipinski definition) is 0. The van der Waals surface area contributed by atoms with Crippen LogP contribution in [0.4, 0.5) is 36.4 Å². The number of halogens is 7. The van der Waals surface area contributed by atoms with Gasteiger partial charge in [-0.25, -0.2) is 14.1 Å². The molecule has 0 amide bonds. The van der Waals surface area contributed by atoms with E-state index in [0.717, 1.165) is 30.3 Å². The SMILES string of the molecule is CC1CS/C(=N\N=C\c2ccc(-c3ncn(-c4ccc(OC(F)(F)F)cc4)n3)cc2)N1c1c(F)cccc1C(F)(F)F. The van der Waals surface area contributed by atoms with Gasteiger partial charge in [0.05, 0.1) is 23.2 Å². The topological polar surface area (TPSA) is 67.9 Å². The van der Waals surface area contributed by atoms with E-state index < -0.39 is 35.6 Å². The highest BCUT2D eigenvalue weighted by Gasteiger charge is 2.40. The molecule has 0 spiro atoms. The average molecular weight is 609 g/mol. The van der Waals surface area contributed by atoms with Crippen molar-refractivity contribution in [2.45, 2.75) is 25.5 Å². The first-order valence-corrected chi connectivity index (χ1v) is 13.1. The van der Waals surface area contributed by atoms with Gasteiger partial charge in [-0.15, -0.1) is 23.4 Å². The number of anilines is 1. The largest absolute Gasteiger partial charge is 0.573 e. The number of amidine groups is 1. The van der Waals surface area contributed by atoms with Gasteiger partial charge >= 0.3 is 12.5 Å². The van der Waals surface area contributed by atoms with Gasteiger partial charge in [-0.3, -0.25) is 0 Å². The molecular formula is C27H19F7N6OS. The van der Waals surface area contributed by atoms with E-state index in [1.165, 1.54) is 46.0 Å². The Morgan fingerprint density at radius 3 is 2.36 bits per heavy atom. The molecule has 3 aromatic carbocycles. The molecule has 4 aromatic rings. The molecule has 1 saturated heterocycles. The zero-order valence-electron chi connectivity index (χ0n) is 21.4. The van der Waals surface area contributed by atoms with Crippen LogP contribution in [-0.2, 0) is 6.18 Å². The molecule has 0 saturated carbocycles. The Bertz CT molecular complexity index is 1620. The van der Waals surface area contributed by atoms with Crippen molar-refractivity contribution in [2.75, 3.05) is 10.7 Å². The molecule has 42 heavy (non-hydrogen) atoms. The van der Waals surface area contributed by atoms with Crippen LogP contribution in [0.2, 0.25) is 0 Å². The number of alkyl halides is 6. The van der Waals surface area contributed by atoms with Gasteiger partial charge < -0.3 is 9.64 Å². The number of aromatic nitrogens is 3. The first-order chi connectivity index (χ1) is 19.9. The van der Waals surface area contributed by atoms with Gasteiger partial charge in [0.15, 0.2) is 11.0 Å². The summed E-state index contributed by atoms with van der Waals surface area (Å²) < 4.78 is 97.8. The zero-order valence-corrected chi connectivity index (χ0v) is 22.3. The second-order valence-electron chi connectivity index (χ2n) is 8.97. The summed E-state index contributed by atoms with van der Waals surface area (Å²) in [5.74, 6) is -0.609. The Morgan fingerprint density at radius 2 is 1.69 bits per heavy atom. The standard InChI is InChI=1S/C27H19F7N6OS/c1-16-14-42-25(40(16)23-21(26(29,30)31)3-2-4-22(23)28)37-36-13-17-5-7-18(8-6-17)24-35-15-39(38-24)19-9-11-20(12-10-19)41-27(32,33)34/h2-13,15-16H,14H2,1H3/b36-13+,37-25-. The van der Waals surface area contributed by atoms with Crippen molar-refractivity contribution in [2.24, 2.45) is 10.2 Å². The van der Waals surface area contributed by atoms with Crippen molar-refractivity contribution < 1.29 is 35.5 Å². The number of ether oxygens (including phenoxy) is 1. The maximum Gasteiger partial charge on any atom is 0.573 e. The highest BCUT2D eigenvalue weighted by Crippen LogP contribution is 2.42. The number of nitrogens with zero attached hydrogens (tertiary/aromatic N) is 6. The maximum absolute atomic E-state index is 14.6. The summed E-state index contributed by atoms with van der Waals surface area (Å²) in [5, 5.41) is 12.6. The molecule has 0 aliphatic carbocycles. The third-order valence-electron chi connectivity index (χ3n) is 5.98. The van der Waals surface area contributed by atoms with Gasteiger partial charge in [0.1, 0.15) is 17.9 Å². The van der Waals surface area contributed by atoms with Crippen LogP contribution >= 0.6 is 11.8 Å². The molecule has 15 heteroatoms. The van der Waals surface area contributed by atoms with Crippen LogP contribution in [0.3, 0.4) is 0 Å². The van der Waals surface area contributed by atoms with Crippen LogP contribution in [0.1, 0.15) is 18.1 Å². The lowest BCUT2D eigenvalue weighted by Crippen LogP contribution is -2.34. The lowest BCUT2D eigenvalue weighted by molar-refractivity contribution is -0.274. The Kier molecular flexibility index (Phi) is 7.95. The zero-order chi connectivity index (χ0) is 30.1. The fraction of sp³-hybridized carbons (Fsp3) is 0.185. The normalized spacial score (nSPS) is 17.0. The predicted octanol–water partition coefficient (Wildman–Crippen LogP) is 7.32. The summed E-state index contributed by atoms with van der Waals surface area (Å²) >= 11 is 1.17. The summed E-state index contributed by atoms with van der Waals surface area (Å²) in [6, 6.07) is 14.3. The van der Waals surface area contributed by atoms with Crippen LogP contribution in [0.15, 0.2) is 83.3 Å². The van der Waals surface area contributed by atoms with Crippen LogP contribution in [-0.4, -0.2) is 44.3 Å². The molecule has 1 aliphatic heterocycles. The van der Waals surface area contributed by atoms with E-state index in [0.29, 0.717) is 28.4 Å². The van der Waals surface area contributed by atoms with Gasteiger partial charge in [0.25, 0.3) is 0 Å². The lowest BCUT2D eigenvalue weighted by atomic mass is 10.1. The van der Waals surface area contributed by atoms with E-state index in [2.05, 4.69) is 25.0 Å². The number of rotatable bonds is 6. The van der Waals surface area contributed by atoms with Gasteiger partial charge in [0, 0.05) is 17.4 Å². The molecule has 1 aromatic heterocycles. The molecule has 218 valence electrons. The summed E-state index contributed by atoms with van der Waals surface area (Å²) in [6.45, 7) is 1.68. The molecule has 0 radical (unpaired) electrons. The van der Waals surface area contributed by atoms with E-state index in [1.807, 2.05) is 0 Å². The van der Waals surface area contributed by atoms with Crippen LogP contribution in [0.25, 0.3) is 17.1 Å². The number of para-hydroxylation sites is 1. The molecule has 5 rings (SSSR count). The van der Waals surface area contributed by atoms with Gasteiger partial charge in [0.2, 0.25) is 0 Å². The van der Waals surface area contributed by atoms with Crippen molar-refractivity contribution in [1.82, 2.24) is 14.8 Å². The van der Waals surface area contributed by atoms with Crippen molar-refractivity contribution in [3.05, 3.63) is 90.0 Å². The van der Waals surface area contributed by atoms with E-state index in [1.54, 1.807) is 31.2 Å². The van der Waals surface area contributed by atoms with Gasteiger partial charge in [-0.05, 0) is 48.9 Å². The van der Waals surface area contributed by atoms with Gasteiger partial charge in [-0.1, -0.05) is 42.1 Å². The highest BCUT2D eigenvalue weighted by molar-refractivity contribution is 8.14. The summed E-state index contributed by atoms with van der Waals surface area (Å²) in [5.41, 5.74) is 0.0510. The Balaban J connectivity index is 1.30. The lowest BCUT2D eigenvalue weighted by Gasteiger charge is -2.26. The molecule has 0 bridgehead atoms. The van der Waals surface area contributed by atoms with Gasteiger partial charge in [-0.2, -0.15) is 18.3 Å². The fourth-order valence-corrected chi connectivity index (χ4v) is 5.15. The van der Waals surface area contributed by atoms with Crippen molar-refractivity contribution >= 4 is 28.8 Å². The molecule has 1 aliphatic rings. The van der Waals surface area contributed by atoms with Crippen LogP contribution in [0.5, 0.6) is 5.75 Å². The minimum absolute atomic E-state index is 0.138. The first-order valence-electron chi connectivity index (χ1n) is 12.2. The third-order valence-corrected chi connectivity index (χ3v) is 7.16. The second kappa shape index (κ2) is 11.5. The fourth-order valence-electron chi connectivity index (χ4n) is 4.09. The molecule has 2 heterocycles. The minimum atomic E-state index is -4.79. The van der Waals surface area contributed by atoms with E-state index in [4.69, 9.17) is 0 Å². The number of benzene rings is 3. The molecule has 1 unspecified atom stereocenters. The molecule has 1 atom stereocenters. The number of hydrogen-bond acceptors (Lipinski definition) is 6. The summed E-state index contributed by atoms with van der Waals surface area (Å²) in [6.07, 6.45) is -6.73. The van der Waals surface area contributed by atoms with E-state index in [-0.39, 0.29) is 10.9 Å². The van der Waals surface area contributed by atoms with Crippen molar-refractivity contribution in [1.29, 1.82) is 0 Å². The second-order valence-corrected chi connectivity index (χ2v) is 9.95. The number of thioether (sulfide) groups is 1. The van der Waals surface area contributed by atoms with E-state index >= 15 is 0 Å².